The Morgan fingerprint density at radius 1 is 1.33 bits per heavy atom. The summed E-state index contributed by atoms with van der Waals surface area (Å²) in [6.07, 6.45) is 7.48. The third-order valence-corrected chi connectivity index (χ3v) is 0.801. The SMILES string of the molecule is C.CC/C=C\C=C(C)C. The van der Waals surface area contributed by atoms with Gasteiger partial charge in [-0.05, 0) is 20.3 Å². The van der Waals surface area contributed by atoms with Gasteiger partial charge in [0.15, 0.2) is 0 Å². The Morgan fingerprint density at radius 3 is 2.22 bits per heavy atom. The van der Waals surface area contributed by atoms with E-state index < -0.39 is 0 Å². The van der Waals surface area contributed by atoms with Gasteiger partial charge in [-0.25, -0.2) is 0 Å². The van der Waals surface area contributed by atoms with Crippen LogP contribution < -0.4 is 0 Å². The molecule has 0 radical (unpaired) electrons. The zero-order valence-electron chi connectivity index (χ0n) is 5.94. The van der Waals surface area contributed by atoms with Gasteiger partial charge in [-0.2, -0.15) is 0 Å². The van der Waals surface area contributed by atoms with Gasteiger partial charge in [-0.15, -0.1) is 0 Å². The van der Waals surface area contributed by atoms with Crippen molar-refractivity contribution in [3.8, 4) is 0 Å². The largest absolute Gasteiger partial charge is 0.0848 e. The maximum atomic E-state index is 2.15. The molecular weight excluding hydrogens is 108 g/mol. The fraction of sp³-hybridized carbons (Fsp3) is 0.556. The lowest BCUT2D eigenvalue weighted by Crippen LogP contribution is -1.58. The number of rotatable bonds is 2. The lowest BCUT2D eigenvalue weighted by atomic mass is 10.3. The number of hydrogen-bond acceptors (Lipinski definition) is 0. The first-order valence-corrected chi connectivity index (χ1v) is 3.07. The van der Waals surface area contributed by atoms with Crippen LogP contribution in [0.4, 0.5) is 0 Å². The summed E-state index contributed by atoms with van der Waals surface area (Å²) in [6, 6.07) is 0. The number of hydrogen-bond donors (Lipinski definition) is 0. The van der Waals surface area contributed by atoms with Crippen LogP contribution in [0, 0.1) is 0 Å². The average Bonchev–Trinajstić information content (AvgIpc) is 1.66. The second-order valence-electron chi connectivity index (χ2n) is 2.08. The molecule has 0 unspecified atom stereocenters. The van der Waals surface area contributed by atoms with Gasteiger partial charge in [0, 0.05) is 0 Å². The Morgan fingerprint density at radius 2 is 1.89 bits per heavy atom. The highest BCUT2D eigenvalue weighted by atomic mass is 13.7. The molecular formula is C9H18. The van der Waals surface area contributed by atoms with Gasteiger partial charge in [0.25, 0.3) is 0 Å². The van der Waals surface area contributed by atoms with Crippen molar-refractivity contribution in [3.05, 3.63) is 23.8 Å². The third-order valence-electron chi connectivity index (χ3n) is 0.801. The summed E-state index contributed by atoms with van der Waals surface area (Å²) in [7, 11) is 0. The molecule has 0 aromatic heterocycles. The van der Waals surface area contributed by atoms with Crippen molar-refractivity contribution in [1.29, 1.82) is 0 Å². The molecule has 0 heteroatoms. The standard InChI is InChI=1S/C8H14.CH4/c1-4-5-6-7-8(2)3;/h5-7H,4H2,1-3H3;1H4/b6-5-;. The Balaban J connectivity index is 0. The quantitative estimate of drug-likeness (QED) is 0.496. The molecule has 0 spiro atoms. The zero-order valence-corrected chi connectivity index (χ0v) is 5.94. The summed E-state index contributed by atoms with van der Waals surface area (Å²) in [6.45, 7) is 6.33. The summed E-state index contributed by atoms with van der Waals surface area (Å²) < 4.78 is 0. The van der Waals surface area contributed by atoms with Crippen LogP contribution in [0.5, 0.6) is 0 Å². The van der Waals surface area contributed by atoms with Crippen LogP contribution in [0.2, 0.25) is 0 Å². The van der Waals surface area contributed by atoms with Gasteiger partial charge in [-0.1, -0.05) is 38.2 Å². The minimum atomic E-state index is 0. The molecule has 0 aliphatic heterocycles. The van der Waals surface area contributed by atoms with Crippen molar-refractivity contribution in [3.63, 3.8) is 0 Å². The van der Waals surface area contributed by atoms with Crippen molar-refractivity contribution in [2.24, 2.45) is 0 Å². The van der Waals surface area contributed by atoms with E-state index in [1.807, 2.05) is 0 Å². The highest BCUT2D eigenvalue weighted by Crippen LogP contribution is 1.89. The van der Waals surface area contributed by atoms with E-state index in [0.29, 0.717) is 0 Å². The highest BCUT2D eigenvalue weighted by Gasteiger charge is 1.67. The number of allylic oxidation sites excluding steroid dienone is 4. The van der Waals surface area contributed by atoms with Crippen LogP contribution in [0.1, 0.15) is 34.6 Å². The smallest absolute Gasteiger partial charge is 0.0376 e. The molecule has 0 aromatic carbocycles. The van der Waals surface area contributed by atoms with Gasteiger partial charge in [-0.3, -0.25) is 0 Å². The van der Waals surface area contributed by atoms with E-state index >= 15 is 0 Å². The predicted molar refractivity (Wildman–Crippen MR) is 45.6 cm³/mol. The van der Waals surface area contributed by atoms with Crippen molar-refractivity contribution < 1.29 is 0 Å². The Bertz CT molecular complexity index is 92.6. The van der Waals surface area contributed by atoms with Crippen molar-refractivity contribution in [2.45, 2.75) is 34.6 Å². The normalized spacial score (nSPS) is 8.78. The van der Waals surface area contributed by atoms with Crippen molar-refractivity contribution in [1.82, 2.24) is 0 Å². The van der Waals surface area contributed by atoms with E-state index in [-0.39, 0.29) is 7.43 Å². The van der Waals surface area contributed by atoms with Gasteiger partial charge in [0.1, 0.15) is 0 Å². The van der Waals surface area contributed by atoms with Crippen molar-refractivity contribution >= 4 is 0 Å². The Hall–Kier alpha value is -0.520. The molecule has 0 atom stereocenters. The van der Waals surface area contributed by atoms with E-state index in [2.05, 4.69) is 39.0 Å². The summed E-state index contributed by atoms with van der Waals surface area (Å²) in [5.41, 5.74) is 1.36. The van der Waals surface area contributed by atoms with Crippen LogP contribution in [0.15, 0.2) is 23.8 Å². The average molecular weight is 126 g/mol. The predicted octanol–water partition coefficient (Wildman–Crippen LogP) is 3.55. The van der Waals surface area contributed by atoms with Crippen LogP contribution in [-0.2, 0) is 0 Å². The monoisotopic (exact) mass is 126 g/mol. The lowest BCUT2D eigenvalue weighted by molar-refractivity contribution is 1.22. The topological polar surface area (TPSA) is 0 Å². The van der Waals surface area contributed by atoms with E-state index in [4.69, 9.17) is 0 Å². The first-order valence-electron chi connectivity index (χ1n) is 3.07. The van der Waals surface area contributed by atoms with Gasteiger partial charge in [0.2, 0.25) is 0 Å². The van der Waals surface area contributed by atoms with Gasteiger partial charge in [0.05, 0.1) is 0 Å². The van der Waals surface area contributed by atoms with E-state index in [0.717, 1.165) is 6.42 Å². The molecule has 0 aliphatic rings. The summed E-state index contributed by atoms with van der Waals surface area (Å²) >= 11 is 0. The van der Waals surface area contributed by atoms with Crippen LogP contribution in [0.25, 0.3) is 0 Å². The van der Waals surface area contributed by atoms with E-state index in [1.54, 1.807) is 0 Å². The molecule has 0 bridgehead atoms. The Kier molecular flexibility index (Phi) is 9.39. The second kappa shape index (κ2) is 7.48. The van der Waals surface area contributed by atoms with Gasteiger partial charge >= 0.3 is 0 Å². The minimum Gasteiger partial charge on any atom is -0.0848 e. The molecule has 9 heavy (non-hydrogen) atoms. The first kappa shape index (κ1) is 11.3. The molecule has 0 nitrogen and oxygen atoms in total. The second-order valence-corrected chi connectivity index (χ2v) is 2.08. The van der Waals surface area contributed by atoms with Crippen LogP contribution >= 0.6 is 0 Å². The maximum absolute atomic E-state index is 2.15. The molecule has 0 N–H and O–H groups in total. The molecule has 0 rings (SSSR count). The molecule has 0 saturated carbocycles. The fourth-order valence-corrected chi connectivity index (χ4v) is 0.397. The molecule has 0 heterocycles. The summed E-state index contributed by atoms with van der Waals surface area (Å²) in [5.74, 6) is 0. The third kappa shape index (κ3) is 11.2. The zero-order chi connectivity index (χ0) is 6.41. The van der Waals surface area contributed by atoms with Crippen LogP contribution in [-0.4, -0.2) is 0 Å². The molecule has 54 valence electrons. The van der Waals surface area contributed by atoms with E-state index in [9.17, 15) is 0 Å². The summed E-state index contributed by atoms with van der Waals surface area (Å²) in [4.78, 5) is 0. The van der Waals surface area contributed by atoms with E-state index in [1.165, 1.54) is 5.57 Å². The van der Waals surface area contributed by atoms with Crippen LogP contribution in [0.3, 0.4) is 0 Å². The molecule has 0 amide bonds. The Labute approximate surface area is 59.3 Å². The minimum absolute atomic E-state index is 0. The first-order chi connectivity index (χ1) is 3.77. The highest BCUT2D eigenvalue weighted by molar-refractivity contribution is 5.07. The summed E-state index contributed by atoms with van der Waals surface area (Å²) in [5, 5.41) is 0. The molecule has 0 saturated heterocycles. The lowest BCUT2D eigenvalue weighted by Gasteiger charge is -1.80. The van der Waals surface area contributed by atoms with Gasteiger partial charge < -0.3 is 0 Å². The molecule has 0 aliphatic carbocycles. The molecule has 0 fully saturated rings. The van der Waals surface area contributed by atoms with Crippen molar-refractivity contribution in [2.75, 3.05) is 0 Å². The molecule has 0 aromatic rings. The fourth-order valence-electron chi connectivity index (χ4n) is 0.397. The maximum Gasteiger partial charge on any atom is -0.0376 e.